The third-order valence-electron chi connectivity index (χ3n) is 3.69. The molecule has 112 valence electrons. The number of hydrogen-bond donors (Lipinski definition) is 2. The van der Waals surface area contributed by atoms with E-state index in [0.717, 1.165) is 43.0 Å². The summed E-state index contributed by atoms with van der Waals surface area (Å²) in [4.78, 5) is 0. The zero-order valence-corrected chi connectivity index (χ0v) is 12.4. The lowest BCUT2D eigenvalue weighted by atomic mass is 9.89. The molecule has 0 spiro atoms. The van der Waals surface area contributed by atoms with E-state index in [2.05, 4.69) is 5.32 Å². The Balaban J connectivity index is 2.16. The molecule has 0 aliphatic carbocycles. The van der Waals surface area contributed by atoms with Crippen molar-refractivity contribution < 1.29 is 14.6 Å². The fourth-order valence-corrected chi connectivity index (χ4v) is 2.67. The maximum Gasteiger partial charge on any atom is 0.161 e. The van der Waals surface area contributed by atoms with Crippen LogP contribution in [0.3, 0.4) is 0 Å². The highest BCUT2D eigenvalue weighted by atomic mass is 16.5. The average Bonchev–Trinajstić information content (AvgIpc) is 2.50. The highest BCUT2D eigenvalue weighted by Gasteiger charge is 2.23. The van der Waals surface area contributed by atoms with Gasteiger partial charge in [-0.3, -0.25) is 0 Å². The Kier molecular flexibility index (Phi) is 5.68. The predicted octanol–water partition coefficient (Wildman–Crippen LogP) is 2.52. The molecular weight excluding hydrogens is 254 g/mol. The van der Waals surface area contributed by atoms with Crippen molar-refractivity contribution in [3.63, 3.8) is 0 Å². The van der Waals surface area contributed by atoms with E-state index >= 15 is 0 Å². The quantitative estimate of drug-likeness (QED) is 0.840. The van der Waals surface area contributed by atoms with E-state index in [1.807, 2.05) is 32.0 Å². The summed E-state index contributed by atoms with van der Waals surface area (Å²) < 4.78 is 11.2. The Morgan fingerprint density at radius 3 is 2.65 bits per heavy atom. The summed E-state index contributed by atoms with van der Waals surface area (Å²) in [7, 11) is 0. The van der Waals surface area contributed by atoms with Gasteiger partial charge >= 0.3 is 0 Å². The molecule has 1 heterocycles. The van der Waals surface area contributed by atoms with E-state index in [1.54, 1.807) is 0 Å². The molecule has 1 aromatic carbocycles. The fourth-order valence-electron chi connectivity index (χ4n) is 2.67. The Morgan fingerprint density at radius 2 is 2.00 bits per heavy atom. The molecule has 1 aliphatic rings. The van der Waals surface area contributed by atoms with Crippen LogP contribution in [0.1, 0.15) is 38.4 Å². The van der Waals surface area contributed by atoms with Crippen LogP contribution in [0.25, 0.3) is 0 Å². The third-order valence-corrected chi connectivity index (χ3v) is 3.69. The largest absolute Gasteiger partial charge is 0.490 e. The minimum absolute atomic E-state index is 0.274. The van der Waals surface area contributed by atoms with Gasteiger partial charge in [0.15, 0.2) is 11.5 Å². The summed E-state index contributed by atoms with van der Waals surface area (Å²) in [6.45, 7) is 7.02. The average molecular weight is 279 g/mol. The molecule has 1 aromatic rings. The molecule has 2 rings (SSSR count). The van der Waals surface area contributed by atoms with Gasteiger partial charge in [0.2, 0.25) is 0 Å². The molecule has 0 amide bonds. The van der Waals surface area contributed by atoms with Crippen LogP contribution in [-0.2, 0) is 0 Å². The lowest BCUT2D eigenvalue weighted by molar-refractivity contribution is 0.0918. The summed E-state index contributed by atoms with van der Waals surface area (Å²) in [6, 6.07) is 5.74. The molecule has 20 heavy (non-hydrogen) atoms. The summed E-state index contributed by atoms with van der Waals surface area (Å²) in [6.07, 6.45) is 1.74. The molecule has 2 atom stereocenters. The normalized spacial score (nSPS) is 20.4. The Morgan fingerprint density at radius 1 is 1.25 bits per heavy atom. The molecule has 4 nitrogen and oxygen atoms in total. The first-order valence-corrected chi connectivity index (χ1v) is 7.54. The van der Waals surface area contributed by atoms with Gasteiger partial charge in [-0.1, -0.05) is 6.07 Å². The van der Waals surface area contributed by atoms with Crippen molar-refractivity contribution in [3.05, 3.63) is 23.8 Å². The maximum absolute atomic E-state index is 10.5. The van der Waals surface area contributed by atoms with Crippen molar-refractivity contribution in [2.45, 2.75) is 32.8 Å². The van der Waals surface area contributed by atoms with Crippen LogP contribution >= 0.6 is 0 Å². The van der Waals surface area contributed by atoms with Crippen molar-refractivity contribution in [3.8, 4) is 11.5 Å². The Labute approximate surface area is 121 Å². The van der Waals surface area contributed by atoms with Crippen LogP contribution in [0.4, 0.5) is 0 Å². The van der Waals surface area contributed by atoms with Gasteiger partial charge in [-0.15, -0.1) is 0 Å². The summed E-state index contributed by atoms with van der Waals surface area (Å²) in [5, 5.41) is 13.9. The van der Waals surface area contributed by atoms with Crippen molar-refractivity contribution in [1.29, 1.82) is 0 Å². The van der Waals surface area contributed by atoms with E-state index in [-0.39, 0.29) is 5.92 Å². The first kappa shape index (κ1) is 15.1. The first-order valence-electron chi connectivity index (χ1n) is 7.54. The van der Waals surface area contributed by atoms with Crippen LogP contribution < -0.4 is 14.8 Å². The van der Waals surface area contributed by atoms with Gasteiger partial charge in [0.25, 0.3) is 0 Å². The highest BCUT2D eigenvalue weighted by molar-refractivity contribution is 5.43. The molecule has 1 saturated heterocycles. The van der Waals surface area contributed by atoms with Crippen molar-refractivity contribution >= 4 is 0 Å². The van der Waals surface area contributed by atoms with Gasteiger partial charge in [0, 0.05) is 12.5 Å². The van der Waals surface area contributed by atoms with E-state index in [1.165, 1.54) is 0 Å². The lowest BCUT2D eigenvalue weighted by Crippen LogP contribution is -2.33. The lowest BCUT2D eigenvalue weighted by Gasteiger charge is -2.28. The number of aliphatic hydroxyl groups is 1. The Hall–Kier alpha value is -1.26. The van der Waals surface area contributed by atoms with Crippen molar-refractivity contribution in [2.75, 3.05) is 26.3 Å². The third kappa shape index (κ3) is 3.64. The standard InChI is InChI=1S/C16H25NO3/c1-3-19-14-8-7-12(10-15(14)20-4-2)16(18)13-6-5-9-17-11-13/h7-8,10,13,16-18H,3-6,9,11H2,1-2H3. The monoisotopic (exact) mass is 279 g/mol. The molecule has 0 aromatic heterocycles. The predicted molar refractivity (Wildman–Crippen MR) is 79.3 cm³/mol. The summed E-state index contributed by atoms with van der Waals surface area (Å²) in [5.74, 6) is 1.73. The zero-order valence-electron chi connectivity index (χ0n) is 12.4. The zero-order chi connectivity index (χ0) is 14.4. The molecule has 1 aliphatic heterocycles. The second-order valence-electron chi connectivity index (χ2n) is 5.12. The molecule has 1 fully saturated rings. The second-order valence-corrected chi connectivity index (χ2v) is 5.12. The van der Waals surface area contributed by atoms with Crippen LogP contribution in [0.2, 0.25) is 0 Å². The second kappa shape index (κ2) is 7.50. The fraction of sp³-hybridized carbons (Fsp3) is 0.625. The van der Waals surface area contributed by atoms with Gasteiger partial charge in [-0.05, 0) is 50.9 Å². The van der Waals surface area contributed by atoms with E-state index in [0.29, 0.717) is 13.2 Å². The maximum atomic E-state index is 10.5. The number of ether oxygens (including phenoxy) is 2. The molecular formula is C16H25NO3. The van der Waals surface area contributed by atoms with E-state index in [9.17, 15) is 5.11 Å². The SMILES string of the molecule is CCOc1ccc(C(O)C2CCCNC2)cc1OCC. The smallest absolute Gasteiger partial charge is 0.161 e. The van der Waals surface area contributed by atoms with E-state index in [4.69, 9.17) is 9.47 Å². The minimum Gasteiger partial charge on any atom is -0.490 e. The number of benzene rings is 1. The number of hydrogen-bond acceptors (Lipinski definition) is 4. The van der Waals surface area contributed by atoms with Crippen molar-refractivity contribution in [1.82, 2.24) is 5.32 Å². The van der Waals surface area contributed by atoms with E-state index < -0.39 is 6.10 Å². The van der Waals surface area contributed by atoms with Crippen LogP contribution in [0.15, 0.2) is 18.2 Å². The van der Waals surface area contributed by atoms with Gasteiger partial charge in [0.1, 0.15) is 0 Å². The molecule has 0 bridgehead atoms. The topological polar surface area (TPSA) is 50.7 Å². The van der Waals surface area contributed by atoms with Gasteiger partial charge in [0.05, 0.1) is 19.3 Å². The highest BCUT2D eigenvalue weighted by Crippen LogP contribution is 2.34. The van der Waals surface area contributed by atoms with Crippen LogP contribution in [0, 0.1) is 5.92 Å². The van der Waals surface area contributed by atoms with Gasteiger partial charge in [-0.25, -0.2) is 0 Å². The summed E-state index contributed by atoms with van der Waals surface area (Å²) >= 11 is 0. The molecule has 2 unspecified atom stereocenters. The molecule has 4 heteroatoms. The number of rotatable bonds is 6. The number of aliphatic hydroxyl groups excluding tert-OH is 1. The summed E-state index contributed by atoms with van der Waals surface area (Å²) in [5.41, 5.74) is 0.908. The van der Waals surface area contributed by atoms with Gasteiger partial charge in [-0.2, -0.15) is 0 Å². The molecule has 2 N–H and O–H groups in total. The van der Waals surface area contributed by atoms with Crippen LogP contribution in [-0.4, -0.2) is 31.4 Å². The minimum atomic E-state index is -0.447. The Bertz CT molecular complexity index is 416. The van der Waals surface area contributed by atoms with Gasteiger partial charge < -0.3 is 19.9 Å². The number of nitrogens with one attached hydrogen (secondary N) is 1. The van der Waals surface area contributed by atoms with Crippen LogP contribution in [0.5, 0.6) is 11.5 Å². The number of piperidine rings is 1. The first-order chi connectivity index (χ1) is 9.76. The molecule has 0 radical (unpaired) electrons. The molecule has 0 saturated carbocycles. The van der Waals surface area contributed by atoms with Crippen molar-refractivity contribution in [2.24, 2.45) is 5.92 Å².